The molecule has 0 amide bonds. The molecule has 0 radical (unpaired) electrons. The number of nitrogens with one attached hydrogen (secondary N) is 1. The van der Waals surface area contributed by atoms with Crippen LogP contribution in [0, 0.1) is 0 Å². The van der Waals surface area contributed by atoms with Crippen molar-refractivity contribution in [2.75, 3.05) is 11.4 Å². The van der Waals surface area contributed by atoms with Gasteiger partial charge in [-0.25, -0.2) is 5.10 Å². The van der Waals surface area contributed by atoms with Crippen molar-refractivity contribution in [3.8, 4) is 11.5 Å². The Kier molecular flexibility index (Phi) is 4.92. The molecule has 0 bridgehead atoms. The number of para-hydroxylation sites is 1. The summed E-state index contributed by atoms with van der Waals surface area (Å²) in [5, 5.41) is 27.0. The molecule has 2 N–H and O–H groups in total. The van der Waals surface area contributed by atoms with Gasteiger partial charge in [-0.1, -0.05) is 60.7 Å². The lowest BCUT2D eigenvalue weighted by atomic mass is 10.1. The minimum atomic E-state index is -0.241. The van der Waals surface area contributed by atoms with Gasteiger partial charge in [0.2, 0.25) is 5.95 Å². The number of rotatable bonds is 5. The summed E-state index contributed by atoms with van der Waals surface area (Å²) in [6, 6.07) is 23.5. The van der Waals surface area contributed by atoms with Gasteiger partial charge in [-0.2, -0.15) is 5.10 Å². The summed E-state index contributed by atoms with van der Waals surface area (Å²) in [6.45, 7) is 1.26. The molecule has 34 heavy (non-hydrogen) atoms. The van der Waals surface area contributed by atoms with Crippen LogP contribution in [0.5, 0.6) is 0 Å². The fourth-order valence-electron chi connectivity index (χ4n) is 4.66. The maximum atomic E-state index is 12.4. The van der Waals surface area contributed by atoms with E-state index >= 15 is 0 Å². The van der Waals surface area contributed by atoms with E-state index in [4.69, 9.17) is 0 Å². The molecule has 2 aromatic heterocycles. The Morgan fingerprint density at radius 3 is 2.59 bits per heavy atom. The molecular weight excluding hydrogens is 428 g/mol. The predicted octanol–water partition coefficient (Wildman–Crippen LogP) is 3.42. The second kappa shape index (κ2) is 8.24. The SMILES string of the molecule is O=c1[nH]nc(-c2nnc(N3CCc4ccccc43)n2Cc2cccc(CO)c2)c2ccccc12. The van der Waals surface area contributed by atoms with Crippen LogP contribution in [0.3, 0.4) is 0 Å². The number of anilines is 2. The van der Waals surface area contributed by atoms with Crippen molar-refractivity contribution >= 4 is 22.4 Å². The number of aromatic amines is 1. The monoisotopic (exact) mass is 450 g/mol. The van der Waals surface area contributed by atoms with Crippen molar-refractivity contribution in [1.29, 1.82) is 0 Å². The fraction of sp³-hybridized carbons (Fsp3) is 0.154. The summed E-state index contributed by atoms with van der Waals surface area (Å²) in [6.07, 6.45) is 0.929. The normalized spacial score (nSPS) is 12.9. The van der Waals surface area contributed by atoms with Crippen LogP contribution in [0.4, 0.5) is 11.6 Å². The zero-order valence-corrected chi connectivity index (χ0v) is 18.3. The van der Waals surface area contributed by atoms with Gasteiger partial charge in [-0.15, -0.1) is 10.2 Å². The number of aromatic nitrogens is 5. The van der Waals surface area contributed by atoms with Gasteiger partial charge in [0.1, 0.15) is 5.69 Å². The van der Waals surface area contributed by atoms with E-state index in [-0.39, 0.29) is 12.2 Å². The molecule has 0 saturated heterocycles. The van der Waals surface area contributed by atoms with E-state index in [1.54, 1.807) is 6.07 Å². The maximum absolute atomic E-state index is 12.4. The molecule has 0 saturated carbocycles. The number of fused-ring (bicyclic) bond motifs is 2. The van der Waals surface area contributed by atoms with Crippen molar-refractivity contribution in [2.45, 2.75) is 19.6 Å². The molecule has 0 fully saturated rings. The molecule has 0 atom stereocenters. The largest absolute Gasteiger partial charge is 0.392 e. The lowest BCUT2D eigenvalue weighted by Gasteiger charge is -2.20. The third kappa shape index (κ3) is 3.36. The van der Waals surface area contributed by atoms with Crippen LogP contribution in [-0.2, 0) is 19.6 Å². The first kappa shape index (κ1) is 20.3. The summed E-state index contributed by atoms with van der Waals surface area (Å²) < 4.78 is 2.03. The Hall–Kier alpha value is -4.30. The van der Waals surface area contributed by atoms with Crippen LogP contribution in [-0.4, -0.2) is 36.6 Å². The standard InChI is InChI=1S/C26H22N6O2/c33-16-18-7-5-6-17(14-18)15-32-24(23-20-9-2-3-10-21(20)25(34)29-27-23)28-30-26(32)31-13-12-19-8-1-4-11-22(19)31/h1-11,14,33H,12-13,15-16H2,(H,29,34). The van der Waals surface area contributed by atoms with Crippen LogP contribution in [0.1, 0.15) is 16.7 Å². The van der Waals surface area contributed by atoms with Gasteiger partial charge in [-0.05, 0) is 35.2 Å². The second-order valence-electron chi connectivity index (χ2n) is 8.37. The van der Waals surface area contributed by atoms with Gasteiger partial charge in [0.15, 0.2) is 5.82 Å². The molecule has 0 aliphatic carbocycles. The first-order valence-electron chi connectivity index (χ1n) is 11.2. The number of aliphatic hydroxyl groups is 1. The Morgan fingerprint density at radius 2 is 1.71 bits per heavy atom. The average molecular weight is 451 g/mol. The molecule has 8 heteroatoms. The van der Waals surface area contributed by atoms with Crippen LogP contribution in [0.2, 0.25) is 0 Å². The van der Waals surface area contributed by atoms with Crippen LogP contribution in [0.15, 0.2) is 77.6 Å². The lowest BCUT2D eigenvalue weighted by molar-refractivity contribution is 0.281. The third-order valence-corrected chi connectivity index (χ3v) is 6.28. The summed E-state index contributed by atoms with van der Waals surface area (Å²) in [5.74, 6) is 1.28. The van der Waals surface area contributed by atoms with Crippen molar-refractivity contribution in [2.24, 2.45) is 0 Å². The van der Waals surface area contributed by atoms with Crippen molar-refractivity contribution in [1.82, 2.24) is 25.0 Å². The van der Waals surface area contributed by atoms with Gasteiger partial charge >= 0.3 is 0 Å². The van der Waals surface area contributed by atoms with E-state index in [0.717, 1.165) is 35.2 Å². The van der Waals surface area contributed by atoms with Crippen molar-refractivity contribution < 1.29 is 5.11 Å². The van der Waals surface area contributed by atoms with Crippen LogP contribution >= 0.6 is 0 Å². The number of hydrogen-bond acceptors (Lipinski definition) is 6. The zero-order valence-electron chi connectivity index (χ0n) is 18.3. The molecule has 3 aromatic carbocycles. The highest BCUT2D eigenvalue weighted by atomic mass is 16.3. The Balaban J connectivity index is 1.55. The number of nitrogens with zero attached hydrogens (tertiary/aromatic N) is 5. The highest BCUT2D eigenvalue weighted by Gasteiger charge is 2.27. The molecular formula is C26H22N6O2. The molecule has 168 valence electrons. The van der Waals surface area contributed by atoms with E-state index in [9.17, 15) is 9.90 Å². The lowest BCUT2D eigenvalue weighted by Crippen LogP contribution is -2.20. The van der Waals surface area contributed by atoms with Crippen molar-refractivity contribution in [3.63, 3.8) is 0 Å². The summed E-state index contributed by atoms with van der Waals surface area (Å²) in [7, 11) is 0. The maximum Gasteiger partial charge on any atom is 0.272 e. The topological polar surface area (TPSA) is 99.9 Å². The first-order chi connectivity index (χ1) is 16.7. The predicted molar refractivity (Wildman–Crippen MR) is 130 cm³/mol. The van der Waals surface area contributed by atoms with E-state index in [2.05, 4.69) is 43.5 Å². The first-order valence-corrected chi connectivity index (χ1v) is 11.2. The molecule has 6 rings (SSSR count). The smallest absolute Gasteiger partial charge is 0.272 e. The number of H-pyrrole nitrogens is 1. The number of hydrogen-bond donors (Lipinski definition) is 2. The molecule has 0 unspecified atom stereocenters. The van der Waals surface area contributed by atoms with Crippen molar-refractivity contribution in [3.05, 3.63) is 99.8 Å². The fourth-order valence-corrected chi connectivity index (χ4v) is 4.66. The molecule has 8 nitrogen and oxygen atoms in total. The molecule has 3 heterocycles. The molecule has 0 spiro atoms. The van der Waals surface area contributed by atoms with Gasteiger partial charge in [0.25, 0.3) is 5.56 Å². The minimum absolute atomic E-state index is 0.0264. The van der Waals surface area contributed by atoms with Gasteiger partial charge < -0.3 is 10.0 Å². The van der Waals surface area contributed by atoms with Crippen LogP contribution < -0.4 is 10.5 Å². The minimum Gasteiger partial charge on any atom is -0.392 e. The third-order valence-electron chi connectivity index (χ3n) is 6.28. The van der Waals surface area contributed by atoms with Gasteiger partial charge in [0.05, 0.1) is 18.5 Å². The second-order valence-corrected chi connectivity index (χ2v) is 8.37. The van der Waals surface area contributed by atoms with E-state index < -0.39 is 0 Å². The van der Waals surface area contributed by atoms with E-state index in [0.29, 0.717) is 29.4 Å². The summed E-state index contributed by atoms with van der Waals surface area (Å²) in [4.78, 5) is 14.5. The average Bonchev–Trinajstić information content (AvgIpc) is 3.49. The van der Waals surface area contributed by atoms with Gasteiger partial charge in [-0.3, -0.25) is 9.36 Å². The molecule has 5 aromatic rings. The summed E-state index contributed by atoms with van der Waals surface area (Å²) >= 11 is 0. The Morgan fingerprint density at radius 1 is 0.912 bits per heavy atom. The Labute approximate surface area is 195 Å². The molecule has 1 aliphatic heterocycles. The highest BCUT2D eigenvalue weighted by Crippen LogP contribution is 2.35. The van der Waals surface area contributed by atoms with Crippen LogP contribution in [0.25, 0.3) is 22.3 Å². The number of benzene rings is 3. The van der Waals surface area contributed by atoms with E-state index in [1.807, 2.05) is 53.1 Å². The summed E-state index contributed by atoms with van der Waals surface area (Å²) in [5.41, 5.74) is 4.57. The zero-order chi connectivity index (χ0) is 23.1. The van der Waals surface area contributed by atoms with E-state index in [1.165, 1.54) is 5.56 Å². The highest BCUT2D eigenvalue weighted by molar-refractivity contribution is 5.92. The quantitative estimate of drug-likeness (QED) is 0.426. The Bertz CT molecular complexity index is 1570. The molecule has 1 aliphatic rings. The number of aliphatic hydroxyl groups excluding tert-OH is 1. The van der Waals surface area contributed by atoms with Gasteiger partial charge in [0, 0.05) is 17.6 Å².